The number of rotatable bonds is 6. The molecule has 1 aliphatic heterocycles. The Kier molecular flexibility index (Phi) is 5.95. The van der Waals surface area contributed by atoms with Gasteiger partial charge in [-0.05, 0) is 36.9 Å². The molecule has 0 spiro atoms. The lowest BCUT2D eigenvalue weighted by atomic mass is 9.97. The highest BCUT2D eigenvalue weighted by Gasteiger charge is 2.22. The quantitative estimate of drug-likeness (QED) is 0.790. The third-order valence-electron chi connectivity index (χ3n) is 4.07. The van der Waals surface area contributed by atoms with E-state index in [0.717, 1.165) is 19.5 Å². The molecule has 3 N–H and O–H groups in total. The van der Waals surface area contributed by atoms with Crippen molar-refractivity contribution in [2.24, 2.45) is 5.73 Å². The van der Waals surface area contributed by atoms with Crippen molar-refractivity contribution in [2.45, 2.75) is 44.7 Å². The number of hydrogen-bond donors (Lipinski definition) is 2. The second-order valence-electron chi connectivity index (χ2n) is 5.54. The minimum atomic E-state index is 0.274. The summed E-state index contributed by atoms with van der Waals surface area (Å²) in [7, 11) is 0. The fourth-order valence-electron chi connectivity index (χ4n) is 3.03. The van der Waals surface area contributed by atoms with Crippen LogP contribution >= 0.6 is 12.2 Å². The van der Waals surface area contributed by atoms with E-state index in [2.05, 4.69) is 23.1 Å². The lowest BCUT2D eigenvalue weighted by Crippen LogP contribution is -2.39. The average molecular weight is 292 g/mol. The molecule has 0 radical (unpaired) electrons. The Balaban J connectivity index is 2.09. The fraction of sp³-hybridized carbons (Fsp3) is 0.562. The highest BCUT2D eigenvalue weighted by atomic mass is 32.1. The molecule has 20 heavy (non-hydrogen) atoms. The van der Waals surface area contributed by atoms with Crippen molar-refractivity contribution < 1.29 is 5.11 Å². The largest absolute Gasteiger partial charge is 0.396 e. The van der Waals surface area contributed by atoms with Gasteiger partial charge in [-0.3, -0.25) is 4.90 Å². The zero-order valence-corrected chi connectivity index (χ0v) is 12.7. The Bertz CT molecular complexity index is 448. The summed E-state index contributed by atoms with van der Waals surface area (Å²) in [6, 6.07) is 8.89. The van der Waals surface area contributed by atoms with E-state index in [1.165, 1.54) is 30.4 Å². The molecule has 1 aromatic carbocycles. The number of benzene rings is 1. The lowest BCUT2D eigenvalue weighted by Gasteiger charge is -2.36. The minimum Gasteiger partial charge on any atom is -0.396 e. The highest BCUT2D eigenvalue weighted by molar-refractivity contribution is 7.80. The van der Waals surface area contributed by atoms with Crippen LogP contribution < -0.4 is 5.73 Å². The molecule has 1 aromatic rings. The Morgan fingerprint density at radius 3 is 2.75 bits per heavy atom. The Hall–Kier alpha value is -0.970. The summed E-state index contributed by atoms with van der Waals surface area (Å²) < 4.78 is 0. The maximum atomic E-state index is 9.22. The number of aliphatic hydroxyl groups excluding tert-OH is 1. The molecule has 0 bridgehead atoms. The predicted molar refractivity (Wildman–Crippen MR) is 86.7 cm³/mol. The Morgan fingerprint density at radius 2 is 2.05 bits per heavy atom. The van der Waals surface area contributed by atoms with Crippen LogP contribution in [-0.4, -0.2) is 34.2 Å². The molecule has 1 unspecified atom stereocenters. The average Bonchev–Trinajstić information content (AvgIpc) is 2.43. The van der Waals surface area contributed by atoms with Gasteiger partial charge in [0, 0.05) is 25.6 Å². The van der Waals surface area contributed by atoms with E-state index in [9.17, 15) is 5.11 Å². The zero-order chi connectivity index (χ0) is 14.4. The second kappa shape index (κ2) is 7.72. The zero-order valence-electron chi connectivity index (χ0n) is 11.9. The first kappa shape index (κ1) is 15.4. The van der Waals surface area contributed by atoms with Crippen molar-refractivity contribution >= 4 is 17.2 Å². The molecular formula is C16H24N2OS. The summed E-state index contributed by atoms with van der Waals surface area (Å²) >= 11 is 5.04. The van der Waals surface area contributed by atoms with Crippen molar-refractivity contribution in [1.29, 1.82) is 0 Å². The normalized spacial score (nSPS) is 19.9. The van der Waals surface area contributed by atoms with E-state index in [0.29, 0.717) is 17.5 Å². The first-order chi connectivity index (χ1) is 9.70. The van der Waals surface area contributed by atoms with E-state index < -0.39 is 0 Å². The first-order valence-electron chi connectivity index (χ1n) is 7.40. The number of thiocarbonyl (C=S) groups is 1. The van der Waals surface area contributed by atoms with Crippen molar-refractivity contribution in [3.8, 4) is 0 Å². The van der Waals surface area contributed by atoms with Crippen molar-refractivity contribution in [2.75, 3.05) is 13.2 Å². The molecule has 2 rings (SSSR count). The van der Waals surface area contributed by atoms with Crippen LogP contribution in [0.15, 0.2) is 24.3 Å². The molecule has 1 aliphatic rings. The lowest BCUT2D eigenvalue weighted by molar-refractivity contribution is 0.112. The van der Waals surface area contributed by atoms with Crippen LogP contribution in [0.5, 0.6) is 0 Å². The fourth-order valence-corrected chi connectivity index (χ4v) is 3.19. The van der Waals surface area contributed by atoms with E-state index in [4.69, 9.17) is 18.0 Å². The predicted octanol–water partition coefficient (Wildman–Crippen LogP) is 2.25. The summed E-state index contributed by atoms with van der Waals surface area (Å²) in [5.74, 6) is 0. The third kappa shape index (κ3) is 4.27. The molecule has 4 heteroatoms. The SMILES string of the molecule is NC(=S)Cc1ccccc1CN1CCCCC1CCO. The van der Waals surface area contributed by atoms with Crippen LogP contribution in [0.2, 0.25) is 0 Å². The van der Waals surface area contributed by atoms with Crippen LogP contribution in [-0.2, 0) is 13.0 Å². The smallest absolute Gasteiger partial charge is 0.0771 e. The summed E-state index contributed by atoms with van der Waals surface area (Å²) in [6.07, 6.45) is 5.26. The van der Waals surface area contributed by atoms with E-state index >= 15 is 0 Å². The molecule has 0 aliphatic carbocycles. The molecule has 1 saturated heterocycles. The molecule has 1 fully saturated rings. The van der Waals surface area contributed by atoms with Crippen molar-refractivity contribution in [3.63, 3.8) is 0 Å². The van der Waals surface area contributed by atoms with Gasteiger partial charge in [-0.2, -0.15) is 0 Å². The van der Waals surface area contributed by atoms with E-state index in [-0.39, 0.29) is 6.61 Å². The summed E-state index contributed by atoms with van der Waals surface area (Å²) in [5.41, 5.74) is 8.23. The van der Waals surface area contributed by atoms with Gasteiger partial charge in [-0.15, -0.1) is 0 Å². The third-order valence-corrected chi connectivity index (χ3v) is 4.21. The monoisotopic (exact) mass is 292 g/mol. The van der Waals surface area contributed by atoms with E-state index in [1.807, 2.05) is 6.07 Å². The Labute approximate surface area is 126 Å². The van der Waals surface area contributed by atoms with Gasteiger partial charge >= 0.3 is 0 Å². The highest BCUT2D eigenvalue weighted by Crippen LogP contribution is 2.23. The molecule has 1 heterocycles. The van der Waals surface area contributed by atoms with Gasteiger partial charge in [-0.1, -0.05) is 42.9 Å². The number of nitrogens with zero attached hydrogens (tertiary/aromatic N) is 1. The summed E-state index contributed by atoms with van der Waals surface area (Å²) in [4.78, 5) is 3.04. The van der Waals surface area contributed by atoms with Crippen LogP contribution in [0.4, 0.5) is 0 Å². The summed E-state index contributed by atoms with van der Waals surface area (Å²) in [6.45, 7) is 2.32. The molecule has 0 aromatic heterocycles. The Morgan fingerprint density at radius 1 is 1.30 bits per heavy atom. The summed E-state index contributed by atoms with van der Waals surface area (Å²) in [5, 5.41) is 9.22. The van der Waals surface area contributed by atoms with Gasteiger partial charge in [0.25, 0.3) is 0 Å². The van der Waals surface area contributed by atoms with Gasteiger partial charge in [0.1, 0.15) is 0 Å². The molecule has 0 amide bonds. The molecular weight excluding hydrogens is 268 g/mol. The standard InChI is InChI=1S/C16H24N2OS/c17-16(20)11-13-5-1-2-6-14(13)12-18-9-4-3-7-15(18)8-10-19/h1-2,5-6,15,19H,3-4,7-12H2,(H2,17,20). The van der Waals surface area contributed by atoms with Crippen LogP contribution in [0.1, 0.15) is 36.8 Å². The number of likely N-dealkylation sites (tertiary alicyclic amines) is 1. The topological polar surface area (TPSA) is 49.5 Å². The number of nitrogens with two attached hydrogens (primary N) is 1. The maximum absolute atomic E-state index is 9.22. The number of aliphatic hydroxyl groups is 1. The number of piperidine rings is 1. The van der Waals surface area contributed by atoms with Gasteiger partial charge in [0.15, 0.2) is 0 Å². The van der Waals surface area contributed by atoms with Crippen LogP contribution in [0.3, 0.4) is 0 Å². The van der Waals surface area contributed by atoms with Crippen LogP contribution in [0, 0.1) is 0 Å². The van der Waals surface area contributed by atoms with Crippen molar-refractivity contribution in [1.82, 2.24) is 4.90 Å². The molecule has 110 valence electrons. The first-order valence-corrected chi connectivity index (χ1v) is 7.81. The van der Waals surface area contributed by atoms with E-state index in [1.54, 1.807) is 0 Å². The number of hydrogen-bond acceptors (Lipinski definition) is 3. The van der Waals surface area contributed by atoms with Crippen LogP contribution in [0.25, 0.3) is 0 Å². The molecule has 3 nitrogen and oxygen atoms in total. The minimum absolute atomic E-state index is 0.274. The van der Waals surface area contributed by atoms with Crippen molar-refractivity contribution in [3.05, 3.63) is 35.4 Å². The maximum Gasteiger partial charge on any atom is 0.0771 e. The second-order valence-corrected chi connectivity index (χ2v) is 6.07. The molecule has 1 atom stereocenters. The molecule has 0 saturated carbocycles. The van der Waals surface area contributed by atoms with Gasteiger partial charge in [0.2, 0.25) is 0 Å². The van der Waals surface area contributed by atoms with Gasteiger partial charge in [-0.25, -0.2) is 0 Å². The van der Waals surface area contributed by atoms with Gasteiger partial charge in [0.05, 0.1) is 4.99 Å². The van der Waals surface area contributed by atoms with Gasteiger partial charge < -0.3 is 10.8 Å².